The first-order valence-corrected chi connectivity index (χ1v) is 12.3. The van der Waals surface area contributed by atoms with Gasteiger partial charge < -0.3 is 10.1 Å². The molecule has 0 spiro atoms. The minimum absolute atomic E-state index is 0.0511. The van der Waals surface area contributed by atoms with E-state index in [1.54, 1.807) is 24.3 Å². The van der Waals surface area contributed by atoms with Crippen LogP contribution in [0.4, 0.5) is 0 Å². The number of ether oxygens (including phenoxy) is 1. The number of hydrogen-bond acceptors (Lipinski definition) is 4. The Hall–Kier alpha value is -3.25. The third kappa shape index (κ3) is 8.18. The van der Waals surface area contributed by atoms with Crippen molar-refractivity contribution in [3.05, 3.63) is 99.5 Å². The molecule has 0 radical (unpaired) electrons. The van der Waals surface area contributed by atoms with Gasteiger partial charge in [0.15, 0.2) is 11.6 Å². The second kappa shape index (κ2) is 11.9. The molecule has 3 rings (SSSR count). The van der Waals surface area contributed by atoms with Crippen molar-refractivity contribution in [2.45, 2.75) is 39.0 Å². The number of halogens is 1. The molecule has 35 heavy (non-hydrogen) atoms. The Balaban J connectivity index is 1.52. The van der Waals surface area contributed by atoms with E-state index >= 15 is 0 Å². The minimum atomic E-state index is -0.419. The number of ketones is 2. The van der Waals surface area contributed by atoms with Crippen LogP contribution in [0.15, 0.2) is 77.3 Å². The van der Waals surface area contributed by atoms with Gasteiger partial charge in [-0.25, -0.2) is 0 Å². The number of carbonyl (C=O) groups excluding carboxylic acids is 3. The highest BCUT2D eigenvalue weighted by molar-refractivity contribution is 9.10. The number of carbonyl (C=O) groups is 3. The standard InChI is InChI=1S/C29H30BrNO4/c1-29(2,3)22-12-8-20(9-13-22)16-24(32)18-31-28(34)26-6-4-5-7-27(26)35-19-25(33)17-21-10-14-23(30)15-11-21/h4-15H,16-19H2,1-3H3,(H,31,34). The Labute approximate surface area is 215 Å². The summed E-state index contributed by atoms with van der Waals surface area (Å²) in [6.07, 6.45) is 0.486. The largest absolute Gasteiger partial charge is 0.485 e. The SMILES string of the molecule is CC(C)(C)c1ccc(CC(=O)CNC(=O)c2ccccc2OCC(=O)Cc2ccc(Br)cc2)cc1. The van der Waals surface area contributed by atoms with Crippen LogP contribution in [-0.2, 0) is 27.8 Å². The number of Topliss-reactive ketones (excluding diaryl/α,β-unsaturated/α-hetero) is 2. The van der Waals surface area contributed by atoms with Crippen LogP contribution >= 0.6 is 15.9 Å². The molecule has 1 amide bonds. The number of nitrogens with one attached hydrogen (secondary N) is 1. The number of benzene rings is 3. The van der Waals surface area contributed by atoms with Gasteiger partial charge in [-0.1, -0.05) is 85.2 Å². The maximum Gasteiger partial charge on any atom is 0.255 e. The van der Waals surface area contributed by atoms with Crippen LogP contribution in [0, 0.1) is 0 Å². The number of para-hydroxylation sites is 1. The summed E-state index contributed by atoms with van der Waals surface area (Å²) in [5.74, 6) is -0.308. The van der Waals surface area contributed by atoms with E-state index in [9.17, 15) is 14.4 Å². The Morgan fingerprint density at radius 3 is 2.00 bits per heavy atom. The zero-order valence-electron chi connectivity index (χ0n) is 20.3. The van der Waals surface area contributed by atoms with E-state index in [0.29, 0.717) is 5.75 Å². The van der Waals surface area contributed by atoms with E-state index in [4.69, 9.17) is 4.74 Å². The van der Waals surface area contributed by atoms with E-state index in [-0.39, 0.29) is 48.5 Å². The van der Waals surface area contributed by atoms with Gasteiger partial charge in [0.1, 0.15) is 12.4 Å². The molecule has 3 aromatic carbocycles. The number of rotatable bonds is 10. The highest BCUT2D eigenvalue weighted by Gasteiger charge is 2.16. The quantitative estimate of drug-likeness (QED) is 0.373. The fraction of sp³-hybridized carbons (Fsp3) is 0.276. The molecule has 0 bridgehead atoms. The van der Waals surface area contributed by atoms with Crippen molar-refractivity contribution in [2.75, 3.05) is 13.2 Å². The van der Waals surface area contributed by atoms with E-state index in [1.165, 1.54) is 5.56 Å². The lowest BCUT2D eigenvalue weighted by Gasteiger charge is -2.19. The van der Waals surface area contributed by atoms with E-state index in [2.05, 4.69) is 42.0 Å². The molecule has 0 saturated heterocycles. The van der Waals surface area contributed by atoms with E-state index in [1.807, 2.05) is 48.5 Å². The van der Waals surface area contributed by atoms with Gasteiger partial charge in [0.2, 0.25) is 0 Å². The van der Waals surface area contributed by atoms with Gasteiger partial charge in [0.05, 0.1) is 12.1 Å². The topological polar surface area (TPSA) is 72.5 Å². The summed E-state index contributed by atoms with van der Waals surface area (Å²) in [7, 11) is 0. The summed E-state index contributed by atoms with van der Waals surface area (Å²) < 4.78 is 6.60. The molecule has 0 unspecified atom stereocenters. The molecule has 0 atom stereocenters. The van der Waals surface area contributed by atoms with Gasteiger partial charge in [0.25, 0.3) is 5.91 Å². The highest BCUT2D eigenvalue weighted by atomic mass is 79.9. The predicted octanol–water partition coefficient (Wildman–Crippen LogP) is 5.48. The molecule has 1 N–H and O–H groups in total. The smallest absolute Gasteiger partial charge is 0.255 e. The molecular weight excluding hydrogens is 506 g/mol. The molecule has 182 valence electrons. The lowest BCUT2D eigenvalue weighted by atomic mass is 9.86. The van der Waals surface area contributed by atoms with Crippen LogP contribution in [-0.4, -0.2) is 30.6 Å². The first-order valence-electron chi connectivity index (χ1n) is 11.5. The van der Waals surface area contributed by atoms with Crippen molar-refractivity contribution < 1.29 is 19.1 Å². The van der Waals surface area contributed by atoms with Crippen LogP contribution in [0.1, 0.15) is 47.8 Å². The molecule has 0 saturated carbocycles. The molecule has 0 aliphatic rings. The fourth-order valence-corrected chi connectivity index (χ4v) is 3.77. The average molecular weight is 536 g/mol. The first kappa shape index (κ1) is 26.4. The minimum Gasteiger partial charge on any atom is -0.485 e. The summed E-state index contributed by atoms with van der Waals surface area (Å²) in [4.78, 5) is 37.5. The van der Waals surface area contributed by atoms with Crippen molar-refractivity contribution in [1.82, 2.24) is 5.32 Å². The van der Waals surface area contributed by atoms with Gasteiger partial charge >= 0.3 is 0 Å². The summed E-state index contributed by atoms with van der Waals surface area (Å²) in [6, 6.07) is 22.2. The molecule has 0 fully saturated rings. The Kier molecular flexibility index (Phi) is 8.99. The third-order valence-electron chi connectivity index (χ3n) is 5.50. The molecule has 0 heterocycles. The molecular formula is C29H30BrNO4. The predicted molar refractivity (Wildman–Crippen MR) is 141 cm³/mol. The molecule has 0 aliphatic heterocycles. The lowest BCUT2D eigenvalue weighted by molar-refractivity contribution is -0.120. The number of hydrogen-bond donors (Lipinski definition) is 1. The fourth-order valence-electron chi connectivity index (χ4n) is 3.51. The van der Waals surface area contributed by atoms with Gasteiger partial charge in [-0.2, -0.15) is 0 Å². The van der Waals surface area contributed by atoms with Crippen LogP contribution in [0.3, 0.4) is 0 Å². The Bertz CT molecular complexity index is 1180. The van der Waals surface area contributed by atoms with Gasteiger partial charge in [-0.3, -0.25) is 14.4 Å². The molecule has 0 aromatic heterocycles. The normalized spacial score (nSPS) is 11.1. The van der Waals surface area contributed by atoms with Crippen LogP contribution < -0.4 is 10.1 Å². The zero-order valence-corrected chi connectivity index (χ0v) is 21.9. The Morgan fingerprint density at radius 1 is 0.800 bits per heavy atom. The summed E-state index contributed by atoms with van der Waals surface area (Å²) >= 11 is 3.37. The second-order valence-electron chi connectivity index (χ2n) is 9.47. The molecule has 6 heteroatoms. The van der Waals surface area contributed by atoms with Crippen molar-refractivity contribution in [1.29, 1.82) is 0 Å². The lowest BCUT2D eigenvalue weighted by Crippen LogP contribution is -2.30. The molecule has 5 nitrogen and oxygen atoms in total. The summed E-state index contributed by atoms with van der Waals surface area (Å²) in [5.41, 5.74) is 3.33. The van der Waals surface area contributed by atoms with Crippen LogP contribution in [0.25, 0.3) is 0 Å². The Morgan fingerprint density at radius 2 is 1.37 bits per heavy atom. The van der Waals surface area contributed by atoms with Crippen molar-refractivity contribution in [3.63, 3.8) is 0 Å². The van der Waals surface area contributed by atoms with E-state index < -0.39 is 5.91 Å². The average Bonchev–Trinajstić information content (AvgIpc) is 2.82. The van der Waals surface area contributed by atoms with Gasteiger partial charge in [-0.15, -0.1) is 0 Å². The van der Waals surface area contributed by atoms with Crippen molar-refractivity contribution in [2.24, 2.45) is 0 Å². The second-order valence-corrected chi connectivity index (χ2v) is 10.4. The number of amides is 1. The van der Waals surface area contributed by atoms with Crippen molar-refractivity contribution in [3.8, 4) is 5.75 Å². The maximum atomic E-state index is 12.7. The summed E-state index contributed by atoms with van der Waals surface area (Å²) in [6.45, 7) is 6.19. The third-order valence-corrected chi connectivity index (χ3v) is 6.03. The van der Waals surface area contributed by atoms with Crippen molar-refractivity contribution >= 4 is 33.4 Å². The molecule has 3 aromatic rings. The summed E-state index contributed by atoms with van der Waals surface area (Å²) in [5, 5.41) is 2.67. The van der Waals surface area contributed by atoms with Crippen LogP contribution in [0.5, 0.6) is 5.75 Å². The maximum absolute atomic E-state index is 12.7. The van der Waals surface area contributed by atoms with Gasteiger partial charge in [0, 0.05) is 17.3 Å². The van der Waals surface area contributed by atoms with E-state index in [0.717, 1.165) is 15.6 Å². The zero-order chi connectivity index (χ0) is 25.4. The highest BCUT2D eigenvalue weighted by Crippen LogP contribution is 2.22. The molecule has 0 aliphatic carbocycles. The van der Waals surface area contributed by atoms with Crippen LogP contribution in [0.2, 0.25) is 0 Å². The monoisotopic (exact) mass is 535 g/mol. The first-order chi connectivity index (χ1) is 16.6. The van der Waals surface area contributed by atoms with Gasteiger partial charge in [-0.05, 0) is 46.4 Å².